The van der Waals surface area contributed by atoms with Gasteiger partial charge in [-0.3, -0.25) is 0 Å². The Bertz CT molecular complexity index is 1510. The minimum Gasteiger partial charge on any atom is -0.478 e. The summed E-state index contributed by atoms with van der Waals surface area (Å²) in [6, 6.07) is 17.3. The lowest BCUT2D eigenvalue weighted by atomic mass is 10.1. The summed E-state index contributed by atoms with van der Waals surface area (Å²) >= 11 is 0. The fourth-order valence-corrected chi connectivity index (χ4v) is 4.00. The maximum atomic E-state index is 13.5. The Morgan fingerprint density at radius 2 is 1.44 bits per heavy atom. The number of nitrogens with zero attached hydrogens (tertiary/aromatic N) is 1. The predicted octanol–water partition coefficient (Wildman–Crippen LogP) is 6.22. The van der Waals surface area contributed by atoms with Gasteiger partial charge < -0.3 is 30.7 Å². The third kappa shape index (κ3) is 6.57. The zero-order valence-electron chi connectivity index (χ0n) is 20.7. The lowest BCUT2D eigenvalue weighted by Gasteiger charge is -2.19. The molecular weight excluding hydrogens is 513 g/mol. The molecule has 0 atom stereocenters. The van der Waals surface area contributed by atoms with Gasteiger partial charge in [0.25, 0.3) is 0 Å². The molecule has 0 bridgehead atoms. The van der Waals surface area contributed by atoms with E-state index in [0.717, 1.165) is 23.9 Å². The van der Waals surface area contributed by atoms with E-state index in [4.69, 9.17) is 0 Å². The first kappa shape index (κ1) is 27.3. The van der Waals surface area contributed by atoms with Crippen LogP contribution in [0, 0.1) is 0 Å². The number of alkyl halides is 3. The van der Waals surface area contributed by atoms with Crippen LogP contribution in [-0.4, -0.2) is 26.7 Å². The fraction of sp³-hybridized carbons (Fsp3) is 0.143. The van der Waals surface area contributed by atoms with Crippen LogP contribution in [0.4, 0.5) is 35.9 Å². The van der Waals surface area contributed by atoms with Gasteiger partial charge in [-0.1, -0.05) is 18.2 Å². The van der Waals surface area contributed by atoms with Gasteiger partial charge in [0.05, 0.1) is 39.4 Å². The zero-order valence-corrected chi connectivity index (χ0v) is 20.7. The van der Waals surface area contributed by atoms with E-state index in [9.17, 15) is 33.0 Å². The first-order valence-corrected chi connectivity index (χ1v) is 11.8. The second-order valence-electron chi connectivity index (χ2n) is 8.76. The van der Waals surface area contributed by atoms with Crippen LogP contribution >= 0.6 is 0 Å². The molecule has 11 heteroatoms. The number of benzene rings is 3. The molecule has 4 rings (SSSR count). The number of aromatic carboxylic acids is 2. The maximum absolute atomic E-state index is 13.5. The predicted molar refractivity (Wildman–Crippen MR) is 141 cm³/mol. The summed E-state index contributed by atoms with van der Waals surface area (Å²) in [4.78, 5) is 23.7. The Hall–Kier alpha value is -4.77. The molecule has 0 aliphatic rings. The van der Waals surface area contributed by atoms with Crippen LogP contribution in [-0.2, 0) is 26.3 Å². The van der Waals surface area contributed by atoms with Crippen molar-refractivity contribution in [2.75, 3.05) is 10.6 Å². The van der Waals surface area contributed by atoms with Crippen molar-refractivity contribution < 1.29 is 33.0 Å². The van der Waals surface area contributed by atoms with E-state index < -0.39 is 23.7 Å². The third-order valence-corrected chi connectivity index (χ3v) is 6.04. The molecule has 0 spiro atoms. The highest BCUT2D eigenvalue weighted by Crippen LogP contribution is 2.37. The number of anilines is 4. The third-order valence-electron chi connectivity index (χ3n) is 6.04. The Labute approximate surface area is 221 Å². The van der Waals surface area contributed by atoms with Crippen molar-refractivity contribution in [2.45, 2.75) is 19.3 Å². The van der Waals surface area contributed by atoms with Crippen molar-refractivity contribution >= 4 is 34.7 Å². The molecule has 5 N–H and O–H groups in total. The van der Waals surface area contributed by atoms with E-state index >= 15 is 0 Å². The van der Waals surface area contributed by atoms with Crippen LogP contribution < -0.4 is 16.0 Å². The second-order valence-corrected chi connectivity index (χ2v) is 8.76. The number of nitrogens with one attached hydrogen (secondary N) is 3. The number of rotatable bonds is 10. The highest BCUT2D eigenvalue weighted by Gasteiger charge is 2.31. The van der Waals surface area contributed by atoms with E-state index in [2.05, 4.69) is 16.0 Å². The number of hydrogen-bond donors (Lipinski definition) is 5. The molecule has 3 aromatic carbocycles. The van der Waals surface area contributed by atoms with Crippen molar-refractivity contribution in [3.8, 4) is 0 Å². The summed E-state index contributed by atoms with van der Waals surface area (Å²) in [6.07, 6.45) is -2.74. The number of carbonyl (C=O) groups is 2. The van der Waals surface area contributed by atoms with Gasteiger partial charge >= 0.3 is 18.1 Å². The average molecular weight is 539 g/mol. The van der Waals surface area contributed by atoms with E-state index in [0.29, 0.717) is 18.7 Å². The smallest absolute Gasteiger partial charge is 0.416 e. The standard InChI is InChI=1S/C28H25F3N4O4/c1-35-12-4-5-19(35)16-32-15-17-8-10-23(21(13-17)27(38)39)34-25-14-18(28(29,30)31)9-11-24(25)33-22-7-3-2-6-20(22)26(36)37/h2-14,32-34H,15-16H2,1H3,(H,36,37)(H,38,39). The van der Waals surface area contributed by atoms with Gasteiger partial charge in [-0.05, 0) is 60.2 Å². The number of hydrogen-bond acceptors (Lipinski definition) is 5. The topological polar surface area (TPSA) is 116 Å². The first-order valence-electron chi connectivity index (χ1n) is 11.8. The minimum absolute atomic E-state index is 0.0718. The summed E-state index contributed by atoms with van der Waals surface area (Å²) in [5.41, 5.74) is 0.812. The van der Waals surface area contributed by atoms with Gasteiger partial charge in [-0.2, -0.15) is 13.2 Å². The summed E-state index contributed by atoms with van der Waals surface area (Å²) in [5.74, 6) is -2.48. The van der Waals surface area contributed by atoms with Crippen molar-refractivity contribution in [1.82, 2.24) is 9.88 Å². The summed E-state index contributed by atoms with van der Waals surface area (Å²) in [7, 11) is 1.91. The molecule has 0 saturated heterocycles. The van der Waals surface area contributed by atoms with Crippen molar-refractivity contribution in [1.29, 1.82) is 0 Å². The van der Waals surface area contributed by atoms with Crippen LogP contribution in [0.15, 0.2) is 79.0 Å². The molecule has 8 nitrogen and oxygen atoms in total. The van der Waals surface area contributed by atoms with Gasteiger partial charge in [0.1, 0.15) is 0 Å². The molecule has 1 heterocycles. The van der Waals surface area contributed by atoms with E-state index in [1.54, 1.807) is 12.1 Å². The van der Waals surface area contributed by atoms with Crippen LogP contribution in [0.25, 0.3) is 0 Å². The first-order chi connectivity index (χ1) is 18.5. The SMILES string of the molecule is Cn1cccc1CNCc1ccc(Nc2cc(C(F)(F)F)ccc2Nc2ccccc2C(=O)O)c(C(=O)O)c1. The molecular formula is C28H25F3N4O4. The highest BCUT2D eigenvalue weighted by molar-refractivity contribution is 5.98. The molecule has 39 heavy (non-hydrogen) atoms. The lowest BCUT2D eigenvalue weighted by Crippen LogP contribution is -2.15. The van der Waals surface area contributed by atoms with Gasteiger partial charge in [0.15, 0.2) is 0 Å². The Balaban J connectivity index is 1.64. The van der Waals surface area contributed by atoms with Crippen LogP contribution in [0.3, 0.4) is 0 Å². The van der Waals surface area contributed by atoms with Gasteiger partial charge in [0.2, 0.25) is 0 Å². The molecule has 202 valence electrons. The fourth-order valence-electron chi connectivity index (χ4n) is 4.00. The number of aryl methyl sites for hydroxylation is 1. The van der Waals surface area contributed by atoms with E-state index in [1.165, 1.54) is 30.3 Å². The van der Waals surface area contributed by atoms with Crippen molar-refractivity contribution in [3.05, 3.63) is 107 Å². The molecule has 0 radical (unpaired) electrons. The van der Waals surface area contributed by atoms with Crippen molar-refractivity contribution in [3.63, 3.8) is 0 Å². The summed E-state index contributed by atoms with van der Waals surface area (Å²) in [5, 5.41) is 28.2. The van der Waals surface area contributed by atoms with Gasteiger partial charge in [0, 0.05) is 32.0 Å². The Morgan fingerprint density at radius 3 is 2.10 bits per heavy atom. The van der Waals surface area contributed by atoms with Gasteiger partial charge in [-0.15, -0.1) is 0 Å². The molecule has 0 unspecified atom stereocenters. The highest BCUT2D eigenvalue weighted by atomic mass is 19.4. The molecule has 4 aromatic rings. The van der Waals surface area contributed by atoms with Crippen molar-refractivity contribution in [2.24, 2.45) is 7.05 Å². The largest absolute Gasteiger partial charge is 0.478 e. The molecule has 0 saturated carbocycles. The molecule has 0 fully saturated rings. The quantitative estimate of drug-likeness (QED) is 0.163. The van der Waals surface area contributed by atoms with Crippen LogP contribution in [0.5, 0.6) is 0 Å². The Morgan fingerprint density at radius 1 is 0.769 bits per heavy atom. The Kier molecular flexibility index (Phi) is 7.91. The molecule has 0 aliphatic carbocycles. The zero-order chi connectivity index (χ0) is 28.2. The van der Waals surface area contributed by atoms with Crippen LogP contribution in [0.1, 0.15) is 37.5 Å². The lowest BCUT2D eigenvalue weighted by molar-refractivity contribution is -0.137. The molecule has 0 aliphatic heterocycles. The van der Waals surface area contributed by atoms with Crippen LogP contribution in [0.2, 0.25) is 0 Å². The number of carboxylic acids is 2. The summed E-state index contributed by atoms with van der Waals surface area (Å²) in [6.45, 7) is 0.928. The van der Waals surface area contributed by atoms with Gasteiger partial charge in [-0.25, -0.2) is 9.59 Å². The number of carboxylic acid groups (broad SMARTS) is 2. The van der Waals surface area contributed by atoms with E-state index in [1.807, 2.05) is 29.9 Å². The number of para-hydroxylation sites is 1. The summed E-state index contributed by atoms with van der Waals surface area (Å²) < 4.78 is 42.5. The normalized spacial score (nSPS) is 11.3. The average Bonchev–Trinajstić information content (AvgIpc) is 3.29. The number of halogens is 3. The molecule has 0 amide bonds. The molecule has 1 aromatic heterocycles. The monoisotopic (exact) mass is 538 g/mol. The van der Waals surface area contributed by atoms with E-state index in [-0.39, 0.29) is 33.9 Å². The number of aromatic nitrogens is 1. The minimum atomic E-state index is -4.66. The maximum Gasteiger partial charge on any atom is 0.416 e. The second kappa shape index (κ2) is 11.3.